The Morgan fingerprint density at radius 2 is 2.12 bits per heavy atom. The molecule has 1 saturated carbocycles. The van der Waals surface area contributed by atoms with Crippen molar-refractivity contribution in [1.29, 1.82) is 0 Å². The Kier molecular flexibility index (Phi) is 3.17. The van der Waals surface area contributed by atoms with E-state index in [0.717, 1.165) is 13.0 Å². The highest BCUT2D eigenvalue weighted by Gasteiger charge is 2.70. The number of ether oxygens (including phenoxy) is 1. The van der Waals surface area contributed by atoms with Gasteiger partial charge in [0.05, 0.1) is 12.0 Å². The molecule has 0 aromatic carbocycles. The number of rotatable bonds is 1. The van der Waals surface area contributed by atoms with Crippen LogP contribution in [-0.4, -0.2) is 41.3 Å². The van der Waals surface area contributed by atoms with Gasteiger partial charge in [-0.25, -0.2) is 0 Å². The minimum absolute atomic E-state index is 0.0336. The van der Waals surface area contributed by atoms with Gasteiger partial charge >= 0.3 is 5.97 Å². The largest absolute Gasteiger partial charge is 0.461 e. The Bertz CT molecular complexity index is 598. The molecule has 5 rings (SSSR count). The molecule has 2 bridgehead atoms. The summed E-state index contributed by atoms with van der Waals surface area (Å²) in [5.74, 6) is 1.27. The number of piperidine rings is 1. The SMILES string of the molecule is CC1C=C2N3CCCC4C5C(OC(=O)C5C(C)O)C(C1)C24CCC3. The standard InChI is InChI=1S/C20H29NO3/c1-11-9-14-18-17(16(12(2)22)19(23)24-18)13-5-3-7-21-8-4-6-20(13,14)15(21)10-11/h10-14,16-18,22H,3-9H2,1-2H3. The van der Waals surface area contributed by atoms with E-state index in [-0.39, 0.29) is 29.3 Å². The van der Waals surface area contributed by atoms with Crippen molar-refractivity contribution in [2.75, 3.05) is 13.1 Å². The maximum absolute atomic E-state index is 12.5. The van der Waals surface area contributed by atoms with Crippen LogP contribution in [0.4, 0.5) is 0 Å². The van der Waals surface area contributed by atoms with Crippen molar-refractivity contribution >= 4 is 5.97 Å². The Hall–Kier alpha value is -1.03. The molecule has 3 heterocycles. The zero-order valence-electron chi connectivity index (χ0n) is 14.8. The molecule has 8 atom stereocenters. The van der Waals surface area contributed by atoms with Crippen molar-refractivity contribution in [3.8, 4) is 0 Å². The topological polar surface area (TPSA) is 49.8 Å². The lowest BCUT2D eigenvalue weighted by atomic mass is 9.58. The van der Waals surface area contributed by atoms with E-state index in [2.05, 4.69) is 17.9 Å². The lowest BCUT2D eigenvalue weighted by Gasteiger charge is -2.52. The summed E-state index contributed by atoms with van der Waals surface area (Å²) in [4.78, 5) is 15.1. The highest BCUT2D eigenvalue weighted by molar-refractivity contribution is 5.76. The monoisotopic (exact) mass is 331 g/mol. The van der Waals surface area contributed by atoms with Gasteiger partial charge in [0.15, 0.2) is 0 Å². The average molecular weight is 331 g/mol. The zero-order chi connectivity index (χ0) is 16.6. The van der Waals surface area contributed by atoms with Gasteiger partial charge < -0.3 is 14.7 Å². The number of hydrogen-bond acceptors (Lipinski definition) is 4. The first-order valence-electron chi connectivity index (χ1n) is 9.90. The molecular weight excluding hydrogens is 302 g/mol. The van der Waals surface area contributed by atoms with Gasteiger partial charge in [-0.15, -0.1) is 0 Å². The molecule has 4 fully saturated rings. The fourth-order valence-electron chi connectivity index (χ4n) is 7.30. The van der Waals surface area contributed by atoms with Crippen molar-refractivity contribution in [2.45, 2.75) is 58.2 Å². The van der Waals surface area contributed by atoms with E-state index in [1.165, 1.54) is 32.2 Å². The number of carbonyl (C=O) groups excluding carboxylic acids is 1. The third-order valence-electron chi connectivity index (χ3n) is 7.87. The first-order valence-corrected chi connectivity index (χ1v) is 9.90. The van der Waals surface area contributed by atoms with E-state index in [4.69, 9.17) is 4.74 Å². The van der Waals surface area contributed by atoms with E-state index >= 15 is 0 Å². The summed E-state index contributed by atoms with van der Waals surface area (Å²) in [5.41, 5.74) is 1.79. The maximum Gasteiger partial charge on any atom is 0.312 e. The van der Waals surface area contributed by atoms with Crippen molar-refractivity contribution in [3.63, 3.8) is 0 Å². The van der Waals surface area contributed by atoms with E-state index < -0.39 is 6.10 Å². The molecule has 0 aromatic rings. The fraction of sp³-hybridized carbons (Fsp3) is 0.850. The van der Waals surface area contributed by atoms with Crippen LogP contribution in [0, 0.1) is 35.0 Å². The van der Waals surface area contributed by atoms with Crippen LogP contribution in [0.5, 0.6) is 0 Å². The van der Waals surface area contributed by atoms with Crippen LogP contribution in [0.25, 0.3) is 0 Å². The first-order chi connectivity index (χ1) is 11.5. The molecule has 0 aromatic heterocycles. The van der Waals surface area contributed by atoms with Gasteiger partial charge in [0, 0.05) is 36.0 Å². The molecule has 132 valence electrons. The third-order valence-corrected chi connectivity index (χ3v) is 7.87. The van der Waals surface area contributed by atoms with Crippen LogP contribution >= 0.6 is 0 Å². The summed E-state index contributed by atoms with van der Waals surface area (Å²) in [5, 5.41) is 10.3. The summed E-state index contributed by atoms with van der Waals surface area (Å²) in [6, 6.07) is 0. The molecule has 0 radical (unpaired) electrons. The van der Waals surface area contributed by atoms with Crippen molar-refractivity contribution in [1.82, 2.24) is 4.90 Å². The highest BCUT2D eigenvalue weighted by Crippen LogP contribution is 2.69. The second kappa shape index (κ2) is 5.00. The number of carbonyl (C=O) groups is 1. The molecular formula is C20H29NO3. The molecule has 1 spiro atoms. The summed E-state index contributed by atoms with van der Waals surface area (Å²) < 4.78 is 5.97. The van der Waals surface area contributed by atoms with Gasteiger partial charge in [-0.1, -0.05) is 13.0 Å². The van der Waals surface area contributed by atoms with Crippen LogP contribution in [-0.2, 0) is 9.53 Å². The molecule has 1 N–H and O–H groups in total. The van der Waals surface area contributed by atoms with Crippen LogP contribution in [0.15, 0.2) is 11.8 Å². The molecule has 3 saturated heterocycles. The highest BCUT2D eigenvalue weighted by atomic mass is 16.6. The Morgan fingerprint density at radius 1 is 1.33 bits per heavy atom. The molecule has 8 unspecified atom stereocenters. The van der Waals surface area contributed by atoms with Gasteiger partial charge in [0.2, 0.25) is 0 Å². The van der Waals surface area contributed by atoms with Crippen LogP contribution in [0.2, 0.25) is 0 Å². The van der Waals surface area contributed by atoms with Crippen LogP contribution < -0.4 is 0 Å². The molecule has 0 amide bonds. The Morgan fingerprint density at radius 3 is 2.92 bits per heavy atom. The molecule has 2 aliphatic carbocycles. The minimum Gasteiger partial charge on any atom is -0.461 e. The molecule has 5 aliphatic rings. The van der Waals surface area contributed by atoms with Crippen molar-refractivity contribution < 1.29 is 14.6 Å². The van der Waals surface area contributed by atoms with Gasteiger partial charge in [-0.2, -0.15) is 0 Å². The number of fused-ring (bicyclic) bond motifs is 3. The van der Waals surface area contributed by atoms with Gasteiger partial charge in [-0.05, 0) is 50.9 Å². The van der Waals surface area contributed by atoms with Gasteiger partial charge in [0.1, 0.15) is 6.10 Å². The fourth-order valence-corrected chi connectivity index (χ4v) is 7.30. The van der Waals surface area contributed by atoms with E-state index in [1.54, 1.807) is 12.6 Å². The Labute approximate surface area is 144 Å². The molecule has 4 nitrogen and oxygen atoms in total. The van der Waals surface area contributed by atoms with E-state index in [0.29, 0.717) is 17.8 Å². The number of esters is 1. The number of aliphatic hydroxyl groups excluding tert-OH is 1. The summed E-state index contributed by atoms with van der Waals surface area (Å²) >= 11 is 0. The van der Waals surface area contributed by atoms with E-state index in [1.807, 2.05) is 0 Å². The lowest BCUT2D eigenvalue weighted by Crippen LogP contribution is -2.49. The number of hydrogen-bond donors (Lipinski definition) is 1. The summed E-state index contributed by atoms with van der Waals surface area (Å²) in [6.07, 6.45) is 7.99. The minimum atomic E-state index is -0.600. The maximum atomic E-state index is 12.5. The van der Waals surface area contributed by atoms with Crippen molar-refractivity contribution in [2.24, 2.45) is 35.0 Å². The zero-order valence-corrected chi connectivity index (χ0v) is 14.8. The predicted molar refractivity (Wildman–Crippen MR) is 89.9 cm³/mol. The second-order valence-corrected chi connectivity index (χ2v) is 9.00. The second-order valence-electron chi connectivity index (χ2n) is 9.00. The number of allylic oxidation sites excluding steroid dienone is 2. The lowest BCUT2D eigenvalue weighted by molar-refractivity contribution is -0.150. The quantitative estimate of drug-likeness (QED) is 0.750. The number of nitrogens with zero attached hydrogens (tertiary/aromatic N) is 1. The molecule has 4 heteroatoms. The third kappa shape index (κ3) is 1.71. The van der Waals surface area contributed by atoms with Gasteiger partial charge in [0.25, 0.3) is 0 Å². The molecule has 24 heavy (non-hydrogen) atoms. The van der Waals surface area contributed by atoms with Crippen molar-refractivity contribution in [3.05, 3.63) is 11.8 Å². The summed E-state index contributed by atoms with van der Waals surface area (Å²) in [6.45, 7) is 6.44. The first kappa shape index (κ1) is 15.2. The van der Waals surface area contributed by atoms with Crippen LogP contribution in [0.3, 0.4) is 0 Å². The van der Waals surface area contributed by atoms with Crippen LogP contribution in [0.1, 0.15) is 46.0 Å². The smallest absolute Gasteiger partial charge is 0.312 e. The predicted octanol–water partition coefficient (Wildman–Crippen LogP) is 2.57. The van der Waals surface area contributed by atoms with Gasteiger partial charge in [-0.3, -0.25) is 4.79 Å². The number of aliphatic hydroxyl groups is 1. The summed E-state index contributed by atoms with van der Waals surface area (Å²) in [7, 11) is 0. The normalized spacial score (nSPS) is 50.5. The van der Waals surface area contributed by atoms with E-state index in [9.17, 15) is 9.90 Å². The molecule has 3 aliphatic heterocycles. The Balaban J connectivity index is 1.67. The average Bonchev–Trinajstić information content (AvgIpc) is 2.95.